The molecule has 0 spiro atoms. The summed E-state index contributed by atoms with van der Waals surface area (Å²) in [6.45, 7) is 2.10. The number of esters is 1. The summed E-state index contributed by atoms with van der Waals surface area (Å²) in [6, 6.07) is 17.6. The van der Waals surface area contributed by atoms with E-state index in [1.54, 1.807) is 0 Å². The predicted molar refractivity (Wildman–Crippen MR) is 120 cm³/mol. The highest BCUT2D eigenvalue weighted by Gasteiger charge is 2.39. The molecule has 0 radical (unpaired) electrons. The molecule has 0 amide bonds. The molecule has 0 fully saturated rings. The third-order valence-corrected chi connectivity index (χ3v) is 6.41. The molecule has 29 heavy (non-hydrogen) atoms. The van der Waals surface area contributed by atoms with E-state index in [9.17, 15) is 9.59 Å². The number of ether oxygens (including phenoxy) is 1. The Morgan fingerprint density at radius 2 is 1.83 bits per heavy atom. The van der Waals surface area contributed by atoms with Gasteiger partial charge in [0.05, 0.1) is 5.57 Å². The summed E-state index contributed by atoms with van der Waals surface area (Å²) in [7, 11) is 0. The van der Waals surface area contributed by atoms with Gasteiger partial charge in [-0.25, -0.2) is 4.79 Å². The van der Waals surface area contributed by atoms with E-state index in [-0.39, 0.29) is 18.4 Å². The molecule has 0 bridgehead atoms. The summed E-state index contributed by atoms with van der Waals surface area (Å²) in [6.07, 6.45) is 2.18. The van der Waals surface area contributed by atoms with Crippen LogP contribution in [0.2, 0.25) is 0 Å². The highest BCUT2D eigenvalue weighted by molar-refractivity contribution is 14.1. The number of Topliss-reactive ketones (excluding diaryl/α,β-unsaturated/α-hetero) is 1. The zero-order valence-corrected chi connectivity index (χ0v) is 18.4. The van der Waals surface area contributed by atoms with Crippen molar-refractivity contribution in [2.75, 3.05) is 0 Å². The van der Waals surface area contributed by atoms with E-state index in [4.69, 9.17) is 4.74 Å². The van der Waals surface area contributed by atoms with Gasteiger partial charge in [0.2, 0.25) is 0 Å². The topological polar surface area (TPSA) is 55.4 Å². The first-order valence-corrected chi connectivity index (χ1v) is 10.8. The second kappa shape index (κ2) is 8.53. The number of hydrogen-bond donors (Lipinski definition) is 1. The lowest BCUT2D eigenvalue weighted by Crippen LogP contribution is -2.34. The molecule has 1 atom stereocenters. The van der Waals surface area contributed by atoms with Gasteiger partial charge in [0, 0.05) is 32.9 Å². The van der Waals surface area contributed by atoms with Gasteiger partial charge >= 0.3 is 5.97 Å². The highest BCUT2D eigenvalue weighted by atomic mass is 127. The van der Waals surface area contributed by atoms with Crippen molar-refractivity contribution in [2.45, 2.75) is 38.7 Å². The second-order valence-electron chi connectivity index (χ2n) is 7.35. The molecule has 4 nitrogen and oxygen atoms in total. The monoisotopic (exact) mass is 499 g/mol. The number of carbonyl (C=O) groups excluding carboxylic acids is 2. The molecule has 2 aliphatic rings. The average molecular weight is 499 g/mol. The lowest BCUT2D eigenvalue weighted by Gasteiger charge is -2.34. The van der Waals surface area contributed by atoms with Gasteiger partial charge in [-0.1, -0.05) is 48.5 Å². The Kier molecular flexibility index (Phi) is 5.85. The van der Waals surface area contributed by atoms with Crippen molar-refractivity contribution >= 4 is 34.3 Å². The molecule has 1 aliphatic heterocycles. The lowest BCUT2D eigenvalue weighted by atomic mass is 9.75. The molecule has 0 aromatic heterocycles. The number of hydrogen-bond acceptors (Lipinski definition) is 4. The Morgan fingerprint density at radius 3 is 2.59 bits per heavy atom. The van der Waals surface area contributed by atoms with E-state index >= 15 is 0 Å². The number of benzene rings is 2. The van der Waals surface area contributed by atoms with Crippen LogP contribution in [-0.2, 0) is 20.9 Å². The van der Waals surface area contributed by atoms with Crippen LogP contribution in [0.5, 0.6) is 0 Å². The first-order valence-electron chi connectivity index (χ1n) is 9.75. The number of ketones is 1. The second-order valence-corrected chi connectivity index (χ2v) is 8.51. The first-order chi connectivity index (χ1) is 14.1. The Bertz CT molecular complexity index is 1020. The van der Waals surface area contributed by atoms with Gasteiger partial charge in [-0.05, 0) is 59.5 Å². The molecule has 1 heterocycles. The first kappa shape index (κ1) is 19.9. The number of allylic oxidation sites excluding steroid dienone is 3. The van der Waals surface area contributed by atoms with Gasteiger partial charge in [0.1, 0.15) is 6.61 Å². The molecule has 2 aromatic carbocycles. The SMILES string of the molecule is CC1=C(C(=O)OCc2ccccc2)[C@H](c2ccccc2I)C2=C(CCCC2=O)N1. The molecule has 148 valence electrons. The third kappa shape index (κ3) is 4.01. The summed E-state index contributed by atoms with van der Waals surface area (Å²) >= 11 is 2.28. The van der Waals surface area contributed by atoms with Gasteiger partial charge in [-0.3, -0.25) is 4.79 Å². The van der Waals surface area contributed by atoms with Gasteiger partial charge in [-0.15, -0.1) is 0 Å². The fourth-order valence-electron chi connectivity index (χ4n) is 4.07. The molecule has 1 aliphatic carbocycles. The Morgan fingerprint density at radius 1 is 1.10 bits per heavy atom. The number of nitrogens with one attached hydrogen (secondary N) is 1. The Hall–Kier alpha value is -2.41. The smallest absolute Gasteiger partial charge is 0.337 e. The standard InChI is InChI=1S/C24H22INO3/c1-15-21(24(28)29-14-16-8-3-2-4-9-16)22(17-10-5-6-11-18(17)25)23-19(26-15)12-7-13-20(23)27/h2-6,8-11,22,26H,7,12-14H2,1H3/t22-/m0/s1. The van der Waals surface area contributed by atoms with Crippen molar-refractivity contribution in [3.63, 3.8) is 0 Å². The largest absolute Gasteiger partial charge is 0.457 e. The van der Waals surface area contributed by atoms with E-state index in [1.807, 2.05) is 61.5 Å². The zero-order valence-electron chi connectivity index (χ0n) is 16.2. The number of halogens is 1. The van der Waals surface area contributed by atoms with Crippen LogP contribution in [0.4, 0.5) is 0 Å². The van der Waals surface area contributed by atoms with Crippen molar-refractivity contribution in [3.8, 4) is 0 Å². The van der Waals surface area contributed by atoms with Crippen molar-refractivity contribution in [1.29, 1.82) is 0 Å². The van der Waals surface area contributed by atoms with Crippen LogP contribution < -0.4 is 5.32 Å². The van der Waals surface area contributed by atoms with Crippen molar-refractivity contribution < 1.29 is 14.3 Å². The Balaban J connectivity index is 1.73. The van der Waals surface area contributed by atoms with Gasteiger partial charge in [-0.2, -0.15) is 0 Å². The van der Waals surface area contributed by atoms with E-state index in [2.05, 4.69) is 27.9 Å². The molecule has 0 saturated heterocycles. The quantitative estimate of drug-likeness (QED) is 0.475. The maximum atomic E-state index is 13.2. The van der Waals surface area contributed by atoms with Crippen LogP contribution in [0.1, 0.15) is 43.2 Å². The van der Waals surface area contributed by atoms with Crippen molar-refractivity contribution in [3.05, 3.63) is 91.8 Å². The summed E-state index contributed by atoms with van der Waals surface area (Å²) in [5, 5.41) is 3.33. The van der Waals surface area contributed by atoms with E-state index in [0.717, 1.165) is 44.5 Å². The van der Waals surface area contributed by atoms with Crippen LogP contribution in [-0.4, -0.2) is 11.8 Å². The maximum Gasteiger partial charge on any atom is 0.337 e. The fraction of sp³-hybridized carbons (Fsp3) is 0.250. The molecule has 0 unspecified atom stereocenters. The molecule has 4 rings (SSSR count). The third-order valence-electron chi connectivity index (χ3n) is 5.42. The maximum absolute atomic E-state index is 13.2. The summed E-state index contributed by atoms with van der Waals surface area (Å²) < 4.78 is 6.70. The van der Waals surface area contributed by atoms with Crippen LogP contribution >= 0.6 is 22.6 Å². The summed E-state index contributed by atoms with van der Waals surface area (Å²) in [5.74, 6) is -0.659. The summed E-state index contributed by atoms with van der Waals surface area (Å²) in [5.41, 5.74) is 4.87. The normalized spacial score (nSPS) is 19.0. The molecule has 1 N–H and O–H groups in total. The average Bonchev–Trinajstić information content (AvgIpc) is 2.72. The van der Waals surface area contributed by atoms with E-state index < -0.39 is 5.92 Å². The molecule has 0 saturated carbocycles. The van der Waals surface area contributed by atoms with Crippen LogP contribution in [0.3, 0.4) is 0 Å². The zero-order chi connectivity index (χ0) is 20.4. The number of carbonyl (C=O) groups is 2. The van der Waals surface area contributed by atoms with Gasteiger partial charge in [0.25, 0.3) is 0 Å². The number of rotatable bonds is 4. The van der Waals surface area contributed by atoms with E-state index in [1.165, 1.54) is 0 Å². The minimum atomic E-state index is -0.393. The lowest BCUT2D eigenvalue weighted by molar-refractivity contribution is -0.140. The van der Waals surface area contributed by atoms with Crippen LogP contribution in [0.25, 0.3) is 0 Å². The predicted octanol–water partition coefficient (Wildman–Crippen LogP) is 5.00. The molecular weight excluding hydrogens is 477 g/mol. The number of dihydropyridines is 1. The minimum absolute atomic E-state index is 0.115. The van der Waals surface area contributed by atoms with Crippen molar-refractivity contribution in [1.82, 2.24) is 5.32 Å². The fourth-order valence-corrected chi connectivity index (χ4v) is 4.77. The van der Waals surface area contributed by atoms with E-state index in [0.29, 0.717) is 12.0 Å². The molecule has 2 aromatic rings. The highest BCUT2D eigenvalue weighted by Crippen LogP contribution is 2.43. The van der Waals surface area contributed by atoms with Gasteiger partial charge in [0.15, 0.2) is 5.78 Å². The molecule has 5 heteroatoms. The van der Waals surface area contributed by atoms with Crippen LogP contribution in [0.15, 0.2) is 77.1 Å². The molecular formula is C24H22INO3. The van der Waals surface area contributed by atoms with Crippen molar-refractivity contribution in [2.24, 2.45) is 0 Å². The van der Waals surface area contributed by atoms with Crippen LogP contribution in [0, 0.1) is 3.57 Å². The van der Waals surface area contributed by atoms with Gasteiger partial charge < -0.3 is 10.1 Å². The summed E-state index contributed by atoms with van der Waals surface area (Å²) in [4.78, 5) is 26.1. The Labute approximate surface area is 184 Å². The minimum Gasteiger partial charge on any atom is -0.457 e.